The molecule has 1 fully saturated rings. The van der Waals surface area contributed by atoms with Gasteiger partial charge in [0, 0.05) is 25.2 Å². The molecule has 0 aliphatic carbocycles. The van der Waals surface area contributed by atoms with Crippen LogP contribution < -0.4 is 5.32 Å². The first-order valence-corrected chi connectivity index (χ1v) is 7.46. The average Bonchev–Trinajstić information content (AvgIpc) is 2.47. The first-order valence-electron chi connectivity index (χ1n) is 6.70. The van der Waals surface area contributed by atoms with Crippen molar-refractivity contribution in [3.8, 4) is 0 Å². The predicted molar refractivity (Wildman–Crippen MR) is 80.7 cm³/mol. The van der Waals surface area contributed by atoms with Crippen molar-refractivity contribution in [2.75, 3.05) is 39.4 Å². The molecule has 2 rings (SSSR count). The van der Waals surface area contributed by atoms with Gasteiger partial charge in [0.25, 0.3) is 5.91 Å². The Morgan fingerprint density at radius 2 is 2.00 bits per heavy atom. The van der Waals surface area contributed by atoms with E-state index in [0.717, 1.165) is 39.3 Å². The van der Waals surface area contributed by atoms with Gasteiger partial charge in [-0.3, -0.25) is 9.69 Å². The number of halogens is 2. The maximum atomic E-state index is 11.9. The largest absolute Gasteiger partial charge is 0.379 e. The van der Waals surface area contributed by atoms with Crippen LogP contribution in [0.1, 0.15) is 16.8 Å². The molecule has 20 heavy (non-hydrogen) atoms. The molecule has 0 saturated carbocycles. The van der Waals surface area contributed by atoms with Gasteiger partial charge in [-0.05, 0) is 31.2 Å². The van der Waals surface area contributed by atoms with Crippen LogP contribution in [0, 0.1) is 0 Å². The lowest BCUT2D eigenvalue weighted by molar-refractivity contribution is 0.0374. The Bertz CT molecular complexity index is 462. The molecular formula is C14H18Cl2N2O2. The molecule has 0 radical (unpaired) electrons. The summed E-state index contributed by atoms with van der Waals surface area (Å²) in [5.41, 5.74) is 0.533. The highest BCUT2D eigenvalue weighted by Crippen LogP contribution is 2.22. The van der Waals surface area contributed by atoms with E-state index in [9.17, 15) is 4.79 Å². The maximum Gasteiger partial charge on any atom is 0.251 e. The Kier molecular flexibility index (Phi) is 6.10. The highest BCUT2D eigenvalue weighted by molar-refractivity contribution is 6.42. The summed E-state index contributed by atoms with van der Waals surface area (Å²) in [6, 6.07) is 4.89. The molecule has 1 heterocycles. The number of carbonyl (C=O) groups excluding carboxylic acids is 1. The van der Waals surface area contributed by atoms with Crippen molar-refractivity contribution in [2.45, 2.75) is 6.42 Å². The second kappa shape index (κ2) is 7.84. The Labute approximate surface area is 129 Å². The first-order chi connectivity index (χ1) is 9.66. The highest BCUT2D eigenvalue weighted by atomic mass is 35.5. The number of rotatable bonds is 5. The number of amides is 1. The van der Waals surface area contributed by atoms with E-state index in [1.54, 1.807) is 18.2 Å². The lowest BCUT2D eigenvalue weighted by atomic mass is 10.2. The van der Waals surface area contributed by atoms with Crippen LogP contribution in [0.4, 0.5) is 0 Å². The topological polar surface area (TPSA) is 41.6 Å². The van der Waals surface area contributed by atoms with Crippen LogP contribution in [0.25, 0.3) is 0 Å². The number of ether oxygens (including phenoxy) is 1. The van der Waals surface area contributed by atoms with E-state index in [1.165, 1.54) is 0 Å². The molecule has 1 amide bonds. The summed E-state index contributed by atoms with van der Waals surface area (Å²) in [5, 5.41) is 3.74. The number of morpholine rings is 1. The molecule has 110 valence electrons. The average molecular weight is 317 g/mol. The van der Waals surface area contributed by atoms with Gasteiger partial charge in [-0.25, -0.2) is 0 Å². The number of hydrogen-bond donors (Lipinski definition) is 1. The summed E-state index contributed by atoms with van der Waals surface area (Å²) in [6.45, 7) is 5.17. The zero-order chi connectivity index (χ0) is 14.4. The summed E-state index contributed by atoms with van der Waals surface area (Å²) in [6.07, 6.45) is 0.924. The van der Waals surface area contributed by atoms with Gasteiger partial charge < -0.3 is 10.1 Å². The molecule has 0 atom stereocenters. The van der Waals surface area contributed by atoms with Crippen LogP contribution in [0.5, 0.6) is 0 Å². The highest BCUT2D eigenvalue weighted by Gasteiger charge is 2.10. The van der Waals surface area contributed by atoms with Crippen LogP contribution in [0.15, 0.2) is 18.2 Å². The zero-order valence-electron chi connectivity index (χ0n) is 11.2. The minimum atomic E-state index is -0.120. The van der Waals surface area contributed by atoms with Gasteiger partial charge in [-0.2, -0.15) is 0 Å². The van der Waals surface area contributed by atoms with Crippen LogP contribution in [0.2, 0.25) is 10.0 Å². The van der Waals surface area contributed by atoms with E-state index in [0.29, 0.717) is 22.2 Å². The standard InChI is InChI=1S/C14H18Cl2N2O2/c15-12-3-2-11(10-13(12)16)14(19)17-4-1-5-18-6-8-20-9-7-18/h2-3,10H,1,4-9H2,(H,17,19). The Morgan fingerprint density at radius 1 is 1.25 bits per heavy atom. The van der Waals surface area contributed by atoms with Crippen molar-refractivity contribution >= 4 is 29.1 Å². The number of benzene rings is 1. The summed E-state index contributed by atoms with van der Waals surface area (Å²) in [7, 11) is 0. The second-order valence-corrected chi connectivity index (χ2v) is 5.51. The van der Waals surface area contributed by atoms with Gasteiger partial charge in [0.15, 0.2) is 0 Å². The number of nitrogens with one attached hydrogen (secondary N) is 1. The number of carbonyl (C=O) groups is 1. The van der Waals surface area contributed by atoms with Crippen molar-refractivity contribution in [3.05, 3.63) is 33.8 Å². The van der Waals surface area contributed by atoms with Gasteiger partial charge in [-0.1, -0.05) is 23.2 Å². The fourth-order valence-corrected chi connectivity index (χ4v) is 2.37. The van der Waals surface area contributed by atoms with E-state index >= 15 is 0 Å². The van der Waals surface area contributed by atoms with E-state index in [-0.39, 0.29) is 5.91 Å². The van der Waals surface area contributed by atoms with E-state index in [2.05, 4.69) is 10.2 Å². The van der Waals surface area contributed by atoms with Crippen LogP contribution in [0.3, 0.4) is 0 Å². The van der Waals surface area contributed by atoms with Gasteiger partial charge >= 0.3 is 0 Å². The predicted octanol–water partition coefficient (Wildman–Crippen LogP) is 2.45. The lowest BCUT2D eigenvalue weighted by Gasteiger charge is -2.26. The lowest BCUT2D eigenvalue weighted by Crippen LogP contribution is -2.38. The Morgan fingerprint density at radius 3 is 2.70 bits per heavy atom. The van der Waals surface area contributed by atoms with Crippen molar-refractivity contribution in [3.63, 3.8) is 0 Å². The zero-order valence-corrected chi connectivity index (χ0v) is 12.7. The van der Waals surface area contributed by atoms with E-state index < -0.39 is 0 Å². The van der Waals surface area contributed by atoms with Gasteiger partial charge in [0.1, 0.15) is 0 Å². The molecule has 1 N–H and O–H groups in total. The fraction of sp³-hybridized carbons (Fsp3) is 0.500. The van der Waals surface area contributed by atoms with Gasteiger partial charge in [0.05, 0.1) is 23.3 Å². The number of nitrogens with zero attached hydrogens (tertiary/aromatic N) is 1. The van der Waals surface area contributed by atoms with Crippen LogP contribution in [-0.2, 0) is 4.74 Å². The molecule has 1 aliphatic heterocycles. The second-order valence-electron chi connectivity index (χ2n) is 4.69. The third kappa shape index (κ3) is 4.63. The SMILES string of the molecule is O=C(NCCCN1CCOCC1)c1ccc(Cl)c(Cl)c1. The Hall–Kier alpha value is -0.810. The molecule has 0 unspecified atom stereocenters. The normalized spacial score (nSPS) is 16.1. The fourth-order valence-electron chi connectivity index (χ4n) is 2.07. The Balaban J connectivity index is 1.70. The van der Waals surface area contributed by atoms with E-state index in [1.807, 2.05) is 0 Å². The third-order valence-corrected chi connectivity index (χ3v) is 3.96. The maximum absolute atomic E-state index is 11.9. The summed E-state index contributed by atoms with van der Waals surface area (Å²) in [4.78, 5) is 14.3. The molecule has 6 heteroatoms. The van der Waals surface area contributed by atoms with Crippen molar-refractivity contribution in [2.24, 2.45) is 0 Å². The summed E-state index contributed by atoms with van der Waals surface area (Å²) >= 11 is 11.7. The molecule has 1 aliphatic rings. The number of hydrogen-bond acceptors (Lipinski definition) is 3. The van der Waals surface area contributed by atoms with Crippen LogP contribution >= 0.6 is 23.2 Å². The van der Waals surface area contributed by atoms with Crippen molar-refractivity contribution < 1.29 is 9.53 Å². The molecule has 1 saturated heterocycles. The minimum Gasteiger partial charge on any atom is -0.379 e. The summed E-state index contributed by atoms with van der Waals surface area (Å²) in [5.74, 6) is -0.120. The van der Waals surface area contributed by atoms with E-state index in [4.69, 9.17) is 27.9 Å². The van der Waals surface area contributed by atoms with Crippen molar-refractivity contribution in [1.82, 2.24) is 10.2 Å². The monoisotopic (exact) mass is 316 g/mol. The minimum absolute atomic E-state index is 0.120. The molecule has 4 nitrogen and oxygen atoms in total. The van der Waals surface area contributed by atoms with Gasteiger partial charge in [0.2, 0.25) is 0 Å². The van der Waals surface area contributed by atoms with Crippen molar-refractivity contribution in [1.29, 1.82) is 0 Å². The molecule has 0 aromatic heterocycles. The first kappa shape index (κ1) is 15.6. The molecular weight excluding hydrogens is 299 g/mol. The quantitative estimate of drug-likeness (QED) is 0.848. The molecule has 1 aromatic rings. The van der Waals surface area contributed by atoms with Gasteiger partial charge in [-0.15, -0.1) is 0 Å². The third-order valence-electron chi connectivity index (χ3n) is 3.22. The smallest absolute Gasteiger partial charge is 0.251 e. The van der Waals surface area contributed by atoms with Crippen LogP contribution in [-0.4, -0.2) is 50.2 Å². The molecule has 1 aromatic carbocycles. The summed E-state index contributed by atoms with van der Waals surface area (Å²) < 4.78 is 5.29. The molecule has 0 spiro atoms. The molecule has 0 bridgehead atoms.